The average Bonchev–Trinajstić information content (AvgIpc) is 2.77. The normalized spacial score (nSPS) is 12.7. The second kappa shape index (κ2) is 5.04. The van der Waals surface area contributed by atoms with Crippen LogP contribution in [0.5, 0.6) is 0 Å². The second-order valence-electron chi connectivity index (χ2n) is 5.38. The summed E-state index contributed by atoms with van der Waals surface area (Å²) in [5.41, 5.74) is 7.29. The molecule has 0 spiro atoms. The lowest BCUT2D eigenvalue weighted by Gasteiger charge is -2.19. The third kappa shape index (κ3) is 2.25. The minimum absolute atomic E-state index is 0.0265. The van der Waals surface area contributed by atoms with Gasteiger partial charge in [0.05, 0.1) is 6.04 Å². The molecule has 0 amide bonds. The van der Waals surface area contributed by atoms with Crippen LogP contribution in [0, 0.1) is 13.8 Å². The molecule has 0 aliphatic heterocycles. The van der Waals surface area contributed by atoms with Gasteiger partial charge in [0.15, 0.2) is 0 Å². The first kappa shape index (κ1) is 13.9. The number of anilines is 1. The van der Waals surface area contributed by atoms with E-state index < -0.39 is 0 Å². The molecule has 1 aromatic carbocycles. The number of nitrogens with two attached hydrogens (primary N) is 1. The Kier molecular flexibility index (Phi) is 3.33. The van der Waals surface area contributed by atoms with Crippen molar-refractivity contribution in [1.29, 1.82) is 0 Å². The molecule has 0 saturated carbocycles. The van der Waals surface area contributed by atoms with E-state index in [1.165, 1.54) is 15.3 Å². The molecular formula is C17H18N2OS. The molecule has 0 aliphatic carbocycles. The summed E-state index contributed by atoms with van der Waals surface area (Å²) in [6.07, 6.45) is 0. The summed E-state index contributed by atoms with van der Waals surface area (Å²) in [4.78, 5) is 15.3. The van der Waals surface area contributed by atoms with Gasteiger partial charge in [-0.15, -0.1) is 11.3 Å². The molecule has 108 valence electrons. The zero-order chi connectivity index (χ0) is 15.1. The van der Waals surface area contributed by atoms with E-state index >= 15 is 0 Å². The lowest BCUT2D eigenvalue weighted by Crippen LogP contribution is -2.26. The average molecular weight is 298 g/mol. The first-order chi connectivity index (χ1) is 9.99. The maximum atomic E-state index is 12.8. The minimum Gasteiger partial charge on any atom is -0.385 e. The molecule has 1 atom stereocenters. The van der Waals surface area contributed by atoms with E-state index in [1.54, 1.807) is 15.9 Å². The number of rotatable bonds is 2. The van der Waals surface area contributed by atoms with Crippen LogP contribution >= 0.6 is 11.3 Å². The van der Waals surface area contributed by atoms with E-state index in [0.717, 1.165) is 5.39 Å². The predicted molar refractivity (Wildman–Crippen MR) is 90.2 cm³/mol. The topological polar surface area (TPSA) is 48.0 Å². The van der Waals surface area contributed by atoms with E-state index in [9.17, 15) is 4.79 Å². The summed E-state index contributed by atoms with van der Waals surface area (Å²) in [5.74, 6) is 0.509. The number of aryl methyl sites for hydroxylation is 2. The Hall–Kier alpha value is -2.07. The van der Waals surface area contributed by atoms with Crippen molar-refractivity contribution in [1.82, 2.24) is 4.57 Å². The van der Waals surface area contributed by atoms with Crippen molar-refractivity contribution in [2.24, 2.45) is 0 Å². The van der Waals surface area contributed by atoms with Crippen LogP contribution in [-0.2, 0) is 0 Å². The molecule has 0 radical (unpaired) electrons. The number of aromatic nitrogens is 1. The van der Waals surface area contributed by atoms with Crippen molar-refractivity contribution in [3.05, 3.63) is 62.1 Å². The quantitative estimate of drug-likeness (QED) is 0.780. The highest BCUT2D eigenvalue weighted by molar-refractivity contribution is 7.12. The highest BCUT2D eigenvalue weighted by Crippen LogP contribution is 2.29. The molecule has 0 saturated heterocycles. The van der Waals surface area contributed by atoms with E-state index in [2.05, 4.69) is 19.9 Å². The predicted octanol–water partition coefficient (Wildman–Crippen LogP) is 3.87. The highest BCUT2D eigenvalue weighted by Gasteiger charge is 2.17. The molecule has 2 N–H and O–H groups in total. The van der Waals surface area contributed by atoms with Crippen LogP contribution in [0.15, 0.2) is 41.2 Å². The highest BCUT2D eigenvalue weighted by atomic mass is 32.1. The van der Waals surface area contributed by atoms with Crippen LogP contribution in [0.1, 0.15) is 28.3 Å². The van der Waals surface area contributed by atoms with Gasteiger partial charge >= 0.3 is 0 Å². The van der Waals surface area contributed by atoms with E-state index in [-0.39, 0.29) is 11.6 Å². The number of benzene rings is 1. The summed E-state index contributed by atoms with van der Waals surface area (Å²) in [6, 6.07) is 11.5. The monoisotopic (exact) mass is 298 g/mol. The number of nitrogens with zero attached hydrogens (tertiary/aromatic N) is 1. The zero-order valence-corrected chi connectivity index (χ0v) is 13.2. The van der Waals surface area contributed by atoms with Gasteiger partial charge in [-0.25, -0.2) is 0 Å². The van der Waals surface area contributed by atoms with Gasteiger partial charge in [0.1, 0.15) is 5.82 Å². The number of thiophene rings is 1. The molecule has 0 aliphatic rings. The molecule has 4 heteroatoms. The molecule has 3 aromatic rings. The molecule has 0 fully saturated rings. The van der Waals surface area contributed by atoms with Crippen LogP contribution < -0.4 is 11.3 Å². The Morgan fingerprint density at radius 2 is 1.90 bits per heavy atom. The van der Waals surface area contributed by atoms with Gasteiger partial charge in [-0.3, -0.25) is 9.36 Å². The van der Waals surface area contributed by atoms with Crippen molar-refractivity contribution < 1.29 is 0 Å². The van der Waals surface area contributed by atoms with Gasteiger partial charge in [0.2, 0.25) is 0 Å². The number of pyridine rings is 1. The van der Waals surface area contributed by atoms with Gasteiger partial charge in [-0.1, -0.05) is 18.2 Å². The van der Waals surface area contributed by atoms with Crippen molar-refractivity contribution in [2.45, 2.75) is 26.8 Å². The standard InChI is InChI=1S/C17H18N2OS/c1-10-8-15(12(3)21-10)11(2)19-16(18)9-13-6-4-5-7-14(13)17(19)20/h4-9,11H,18H2,1-3H3. The molecule has 1 unspecified atom stereocenters. The fourth-order valence-electron chi connectivity index (χ4n) is 2.90. The zero-order valence-electron chi connectivity index (χ0n) is 12.4. The maximum Gasteiger partial charge on any atom is 0.260 e. The molecule has 3 nitrogen and oxygen atoms in total. The van der Waals surface area contributed by atoms with Crippen LogP contribution in [0.3, 0.4) is 0 Å². The van der Waals surface area contributed by atoms with Crippen molar-refractivity contribution in [3.8, 4) is 0 Å². The molecule has 21 heavy (non-hydrogen) atoms. The molecule has 2 aromatic heterocycles. The number of fused-ring (bicyclic) bond motifs is 1. The number of nitrogen functional groups attached to an aromatic ring is 1. The number of hydrogen-bond acceptors (Lipinski definition) is 3. The summed E-state index contributed by atoms with van der Waals surface area (Å²) in [5, 5.41) is 1.60. The van der Waals surface area contributed by atoms with Gasteiger partial charge in [-0.05, 0) is 49.9 Å². The molecule has 2 heterocycles. The Balaban J connectivity index is 2.25. The smallest absolute Gasteiger partial charge is 0.260 e. The Bertz CT molecular complexity index is 876. The fraction of sp³-hybridized carbons (Fsp3) is 0.235. The second-order valence-corrected chi connectivity index (χ2v) is 6.84. The lowest BCUT2D eigenvalue weighted by molar-refractivity contribution is 0.628. The van der Waals surface area contributed by atoms with Gasteiger partial charge < -0.3 is 5.73 Å². The van der Waals surface area contributed by atoms with Gasteiger partial charge in [0.25, 0.3) is 5.56 Å². The largest absolute Gasteiger partial charge is 0.385 e. The summed E-state index contributed by atoms with van der Waals surface area (Å²) < 4.78 is 1.69. The first-order valence-corrected chi connectivity index (χ1v) is 7.77. The van der Waals surface area contributed by atoms with Crippen molar-refractivity contribution >= 4 is 27.9 Å². The molecule has 3 rings (SSSR count). The lowest BCUT2D eigenvalue weighted by atomic mass is 10.1. The van der Waals surface area contributed by atoms with Crippen molar-refractivity contribution in [2.75, 3.05) is 5.73 Å². The van der Waals surface area contributed by atoms with Crippen molar-refractivity contribution in [3.63, 3.8) is 0 Å². The Morgan fingerprint density at radius 1 is 1.19 bits per heavy atom. The molecular weight excluding hydrogens is 280 g/mol. The summed E-state index contributed by atoms with van der Waals surface area (Å²) >= 11 is 1.75. The fourth-order valence-corrected chi connectivity index (χ4v) is 3.91. The van der Waals surface area contributed by atoms with E-state index in [4.69, 9.17) is 5.73 Å². The Labute approximate surface area is 127 Å². The minimum atomic E-state index is -0.0629. The van der Waals surface area contributed by atoms with Crippen LogP contribution in [-0.4, -0.2) is 4.57 Å². The SMILES string of the molecule is Cc1cc(C(C)n2c(N)cc3ccccc3c2=O)c(C)s1. The van der Waals surface area contributed by atoms with E-state index in [0.29, 0.717) is 11.2 Å². The van der Waals surface area contributed by atoms with E-state index in [1.807, 2.05) is 37.3 Å². The van der Waals surface area contributed by atoms with Gasteiger partial charge in [0, 0.05) is 15.1 Å². The third-order valence-electron chi connectivity index (χ3n) is 3.91. The van der Waals surface area contributed by atoms with Crippen LogP contribution in [0.4, 0.5) is 5.82 Å². The van der Waals surface area contributed by atoms with Gasteiger partial charge in [-0.2, -0.15) is 0 Å². The van der Waals surface area contributed by atoms with Crippen LogP contribution in [0.2, 0.25) is 0 Å². The Morgan fingerprint density at radius 3 is 2.57 bits per heavy atom. The summed E-state index contributed by atoms with van der Waals surface area (Å²) in [6.45, 7) is 6.20. The molecule has 0 bridgehead atoms. The third-order valence-corrected chi connectivity index (χ3v) is 4.89. The first-order valence-electron chi connectivity index (χ1n) is 6.95. The summed E-state index contributed by atoms with van der Waals surface area (Å²) in [7, 11) is 0. The maximum absolute atomic E-state index is 12.8. The number of hydrogen-bond donors (Lipinski definition) is 1. The van der Waals surface area contributed by atoms with Crippen LogP contribution in [0.25, 0.3) is 10.8 Å².